The van der Waals surface area contributed by atoms with Gasteiger partial charge in [-0.25, -0.2) is 0 Å². The minimum Gasteiger partial charge on any atom is -0.332 e. The maximum atomic E-state index is 2.58. The first kappa shape index (κ1) is 20.2. The van der Waals surface area contributed by atoms with E-state index >= 15 is 0 Å². The zero-order valence-electron chi connectivity index (χ0n) is 19.6. The minimum atomic E-state index is 0.265. The van der Waals surface area contributed by atoms with Gasteiger partial charge in [0, 0.05) is 27.4 Å². The van der Waals surface area contributed by atoms with Crippen molar-refractivity contribution in [2.75, 3.05) is 4.90 Å². The fourth-order valence-corrected chi connectivity index (χ4v) is 7.68. The molecular weight excluding hydrogens is 454 g/mol. The summed E-state index contributed by atoms with van der Waals surface area (Å²) in [7, 11) is 0. The van der Waals surface area contributed by atoms with Gasteiger partial charge in [-0.2, -0.15) is 0 Å². The number of thioether (sulfide) groups is 1. The van der Waals surface area contributed by atoms with E-state index in [4.69, 9.17) is 0 Å². The van der Waals surface area contributed by atoms with E-state index in [0.29, 0.717) is 5.25 Å². The first-order chi connectivity index (χ1) is 17.9. The molecule has 170 valence electrons. The van der Waals surface area contributed by atoms with Crippen molar-refractivity contribution < 1.29 is 0 Å². The molecular formula is C34H23NS. The van der Waals surface area contributed by atoms with Crippen molar-refractivity contribution in [3.05, 3.63) is 139 Å². The summed E-state index contributed by atoms with van der Waals surface area (Å²) >= 11 is 2.03. The van der Waals surface area contributed by atoms with Gasteiger partial charge in [-0.15, -0.1) is 11.8 Å². The Kier molecular flexibility index (Phi) is 4.35. The Labute approximate surface area is 215 Å². The molecule has 2 atom stereocenters. The van der Waals surface area contributed by atoms with Gasteiger partial charge in [0.1, 0.15) is 0 Å². The predicted octanol–water partition coefficient (Wildman–Crippen LogP) is 8.98. The number of allylic oxidation sites excluding steroid dienone is 2. The second kappa shape index (κ2) is 7.74. The van der Waals surface area contributed by atoms with Gasteiger partial charge in [-0.3, -0.25) is 0 Å². The largest absolute Gasteiger partial charge is 0.332 e. The van der Waals surface area contributed by atoms with Crippen LogP contribution in [0, 0.1) is 0 Å². The van der Waals surface area contributed by atoms with Crippen LogP contribution in [0.2, 0.25) is 0 Å². The van der Waals surface area contributed by atoms with Crippen molar-refractivity contribution in [1.82, 2.24) is 0 Å². The second-order valence-electron chi connectivity index (χ2n) is 9.69. The maximum Gasteiger partial charge on any atom is 0.0761 e. The van der Waals surface area contributed by atoms with Crippen molar-refractivity contribution in [1.29, 1.82) is 0 Å². The fraction of sp³-hybridized carbons (Fsp3) is 0.0588. The molecule has 0 N–H and O–H groups in total. The third-order valence-corrected chi connectivity index (χ3v) is 9.15. The van der Waals surface area contributed by atoms with Gasteiger partial charge < -0.3 is 4.90 Å². The highest BCUT2D eigenvalue weighted by molar-refractivity contribution is 8.01. The average Bonchev–Trinajstić information content (AvgIpc) is 3.50. The van der Waals surface area contributed by atoms with Gasteiger partial charge in [0.05, 0.1) is 11.3 Å². The van der Waals surface area contributed by atoms with Crippen LogP contribution in [0.4, 0.5) is 11.4 Å². The quantitative estimate of drug-likeness (QED) is 0.250. The summed E-state index contributed by atoms with van der Waals surface area (Å²) in [5.41, 5.74) is 10.7. The number of rotatable bonds is 2. The molecule has 5 aromatic rings. The lowest BCUT2D eigenvalue weighted by atomic mass is 9.86. The molecule has 0 spiro atoms. The lowest BCUT2D eigenvalue weighted by Gasteiger charge is -2.34. The van der Waals surface area contributed by atoms with Crippen molar-refractivity contribution in [2.45, 2.75) is 16.2 Å². The molecule has 2 heterocycles. The number of benzene rings is 5. The lowest BCUT2D eigenvalue weighted by Crippen LogP contribution is -2.36. The molecule has 3 aliphatic rings. The summed E-state index contributed by atoms with van der Waals surface area (Å²) in [4.78, 5) is 3.98. The average molecular weight is 478 g/mol. The Morgan fingerprint density at radius 3 is 2.19 bits per heavy atom. The molecule has 5 aromatic carbocycles. The molecule has 0 aromatic heterocycles. The van der Waals surface area contributed by atoms with Crippen molar-refractivity contribution in [3.8, 4) is 11.1 Å². The molecule has 2 heteroatoms. The molecule has 0 radical (unpaired) electrons. The summed E-state index contributed by atoms with van der Waals surface area (Å²) in [5.74, 6) is 0. The molecule has 0 bridgehead atoms. The highest BCUT2D eigenvalue weighted by Crippen LogP contribution is 2.58. The van der Waals surface area contributed by atoms with E-state index in [1.807, 2.05) is 11.8 Å². The van der Waals surface area contributed by atoms with Gasteiger partial charge in [0.15, 0.2) is 0 Å². The van der Waals surface area contributed by atoms with Crippen molar-refractivity contribution in [3.63, 3.8) is 0 Å². The van der Waals surface area contributed by atoms with E-state index in [9.17, 15) is 0 Å². The fourth-order valence-electron chi connectivity index (χ4n) is 6.19. The van der Waals surface area contributed by atoms with E-state index in [1.54, 1.807) is 0 Å². The lowest BCUT2D eigenvalue weighted by molar-refractivity contribution is 0.860. The van der Waals surface area contributed by atoms with Gasteiger partial charge in [-0.1, -0.05) is 103 Å². The topological polar surface area (TPSA) is 3.24 Å². The Bertz CT molecular complexity index is 1710. The molecule has 0 saturated carbocycles. The van der Waals surface area contributed by atoms with Crippen LogP contribution in [-0.4, -0.2) is 11.3 Å². The standard InChI is InChI=1S/C34H23NS/c1-2-8-22(9-3-1)23-14-17-25(18-15-23)35-30-13-7-6-12-27(30)28-19-20-29-32-26-11-5-4-10-24(26)16-21-31(32)36-34(29)33(28)35/h1-21,33-34H. The van der Waals surface area contributed by atoms with Crippen LogP contribution < -0.4 is 4.90 Å². The van der Waals surface area contributed by atoms with Crippen LogP contribution in [0.5, 0.6) is 0 Å². The molecule has 1 nitrogen and oxygen atoms in total. The van der Waals surface area contributed by atoms with E-state index in [2.05, 4.69) is 132 Å². The SMILES string of the molecule is C1=C2c3c(ccc4ccccc34)SC2C2C(=C1)c1ccccc1N2c1ccc(-c2ccccc2)cc1. The minimum absolute atomic E-state index is 0.265. The third kappa shape index (κ3) is 2.85. The van der Waals surface area contributed by atoms with Crippen LogP contribution in [-0.2, 0) is 0 Å². The van der Waals surface area contributed by atoms with Gasteiger partial charge >= 0.3 is 0 Å². The molecule has 2 aliphatic heterocycles. The summed E-state index contributed by atoms with van der Waals surface area (Å²) in [6, 6.07) is 42.3. The molecule has 2 unspecified atom stereocenters. The van der Waals surface area contributed by atoms with Crippen LogP contribution in [0.3, 0.4) is 0 Å². The zero-order valence-corrected chi connectivity index (χ0v) is 20.5. The smallest absolute Gasteiger partial charge is 0.0761 e. The number of nitrogens with zero attached hydrogens (tertiary/aromatic N) is 1. The predicted molar refractivity (Wildman–Crippen MR) is 154 cm³/mol. The number of fused-ring (bicyclic) bond motifs is 9. The summed E-state index contributed by atoms with van der Waals surface area (Å²) < 4.78 is 0. The zero-order chi connectivity index (χ0) is 23.6. The number of hydrogen-bond acceptors (Lipinski definition) is 2. The van der Waals surface area contributed by atoms with E-state index in [0.717, 1.165) is 0 Å². The Balaban J connectivity index is 1.27. The third-order valence-electron chi connectivity index (χ3n) is 7.79. The van der Waals surface area contributed by atoms with Crippen LogP contribution in [0.15, 0.2) is 132 Å². The summed E-state index contributed by atoms with van der Waals surface area (Å²) in [5, 5.41) is 3.03. The van der Waals surface area contributed by atoms with E-state index < -0.39 is 0 Å². The molecule has 8 rings (SSSR count). The summed E-state index contributed by atoms with van der Waals surface area (Å²) in [6.45, 7) is 0. The van der Waals surface area contributed by atoms with Crippen LogP contribution >= 0.6 is 11.8 Å². The van der Waals surface area contributed by atoms with E-state index in [-0.39, 0.29) is 6.04 Å². The van der Waals surface area contributed by atoms with Crippen molar-refractivity contribution >= 4 is 45.1 Å². The maximum absolute atomic E-state index is 2.58. The van der Waals surface area contributed by atoms with Crippen molar-refractivity contribution in [2.24, 2.45) is 0 Å². The van der Waals surface area contributed by atoms with E-state index in [1.165, 1.54) is 60.4 Å². The molecule has 0 saturated heterocycles. The second-order valence-corrected chi connectivity index (χ2v) is 10.9. The number of hydrogen-bond donors (Lipinski definition) is 0. The molecule has 0 fully saturated rings. The van der Waals surface area contributed by atoms with Crippen LogP contribution in [0.25, 0.3) is 33.0 Å². The molecule has 36 heavy (non-hydrogen) atoms. The normalized spacial score (nSPS) is 19.3. The first-order valence-electron chi connectivity index (χ1n) is 12.5. The number of anilines is 2. The summed E-state index contributed by atoms with van der Waals surface area (Å²) in [6.07, 6.45) is 4.77. The molecule has 1 aliphatic carbocycles. The Morgan fingerprint density at radius 1 is 0.583 bits per heavy atom. The van der Waals surface area contributed by atoms with Gasteiger partial charge in [-0.05, 0) is 57.3 Å². The van der Waals surface area contributed by atoms with Gasteiger partial charge in [0.2, 0.25) is 0 Å². The highest BCUT2D eigenvalue weighted by Gasteiger charge is 2.46. The van der Waals surface area contributed by atoms with Crippen LogP contribution in [0.1, 0.15) is 11.1 Å². The highest BCUT2D eigenvalue weighted by atomic mass is 32.2. The molecule has 0 amide bonds. The monoisotopic (exact) mass is 477 g/mol. The number of para-hydroxylation sites is 1. The Hall–Kier alpha value is -4.01. The van der Waals surface area contributed by atoms with Gasteiger partial charge in [0.25, 0.3) is 0 Å². The first-order valence-corrected chi connectivity index (χ1v) is 13.4. The Morgan fingerprint density at radius 2 is 1.31 bits per heavy atom.